The third-order valence-corrected chi connectivity index (χ3v) is 3.87. The lowest BCUT2D eigenvalue weighted by molar-refractivity contribution is 0.0472. The van der Waals surface area contributed by atoms with Crippen molar-refractivity contribution in [3.8, 4) is 0 Å². The first kappa shape index (κ1) is 16.2. The Balaban J connectivity index is 1.99. The van der Waals surface area contributed by atoms with Gasteiger partial charge in [-0.25, -0.2) is 4.79 Å². The smallest absolute Gasteiger partial charge is 0.338 e. The van der Waals surface area contributed by atoms with Gasteiger partial charge in [0.15, 0.2) is 0 Å². The third kappa shape index (κ3) is 3.95. The molecule has 0 saturated carbocycles. The van der Waals surface area contributed by atoms with Crippen molar-refractivity contribution in [3.63, 3.8) is 0 Å². The molecule has 0 fully saturated rings. The van der Waals surface area contributed by atoms with Crippen molar-refractivity contribution in [2.45, 2.75) is 33.3 Å². The van der Waals surface area contributed by atoms with Crippen LogP contribution in [0, 0.1) is 13.8 Å². The van der Waals surface area contributed by atoms with E-state index in [1.165, 1.54) is 5.56 Å². The summed E-state index contributed by atoms with van der Waals surface area (Å²) in [6, 6.07) is 13.8. The van der Waals surface area contributed by atoms with Gasteiger partial charge in [-0.3, -0.25) is 0 Å². The molecule has 2 aromatic rings. The van der Waals surface area contributed by atoms with Crippen LogP contribution in [0.5, 0.6) is 0 Å². The Kier molecular flexibility index (Phi) is 5.34. The molecule has 1 unspecified atom stereocenters. The van der Waals surface area contributed by atoms with Gasteiger partial charge in [0, 0.05) is 0 Å². The Bertz CT molecular complexity index is 647. The van der Waals surface area contributed by atoms with Crippen LogP contribution in [0.4, 0.5) is 0 Å². The van der Waals surface area contributed by atoms with Crippen molar-refractivity contribution in [2.24, 2.45) is 5.73 Å². The van der Waals surface area contributed by atoms with Gasteiger partial charge in [-0.05, 0) is 49.1 Å². The molecule has 0 amide bonds. The molecule has 116 valence electrons. The van der Waals surface area contributed by atoms with Crippen LogP contribution in [-0.4, -0.2) is 12.5 Å². The van der Waals surface area contributed by atoms with E-state index in [1.807, 2.05) is 56.3 Å². The minimum Gasteiger partial charge on any atom is -0.457 e. The highest BCUT2D eigenvalue weighted by Gasteiger charge is 2.11. The number of esters is 1. The molecule has 0 aliphatic heterocycles. The molecule has 0 aromatic heterocycles. The molecule has 2 N–H and O–H groups in total. The van der Waals surface area contributed by atoms with Crippen molar-refractivity contribution in [2.75, 3.05) is 6.54 Å². The number of ether oxygens (including phenoxy) is 1. The van der Waals surface area contributed by atoms with E-state index in [9.17, 15) is 4.79 Å². The predicted molar refractivity (Wildman–Crippen MR) is 88.9 cm³/mol. The molecule has 0 aliphatic rings. The van der Waals surface area contributed by atoms with Crippen LogP contribution in [0.25, 0.3) is 0 Å². The second-order valence-corrected chi connectivity index (χ2v) is 5.77. The molecule has 2 rings (SSSR count). The number of carbonyl (C=O) groups is 1. The van der Waals surface area contributed by atoms with Crippen LogP contribution < -0.4 is 5.73 Å². The summed E-state index contributed by atoms with van der Waals surface area (Å²) in [5, 5.41) is 0. The molecule has 0 radical (unpaired) electrons. The highest BCUT2D eigenvalue weighted by Crippen LogP contribution is 2.16. The van der Waals surface area contributed by atoms with Gasteiger partial charge in [0.1, 0.15) is 6.61 Å². The normalized spacial score (nSPS) is 12.0. The first-order chi connectivity index (χ1) is 10.5. The Morgan fingerprint density at radius 2 is 1.82 bits per heavy atom. The summed E-state index contributed by atoms with van der Waals surface area (Å²) in [4.78, 5) is 12.1. The van der Waals surface area contributed by atoms with E-state index in [0.717, 1.165) is 16.7 Å². The largest absolute Gasteiger partial charge is 0.457 e. The second kappa shape index (κ2) is 7.23. The number of hydrogen-bond acceptors (Lipinski definition) is 3. The van der Waals surface area contributed by atoms with E-state index >= 15 is 0 Å². The standard InChI is InChI=1S/C19H23NO2/c1-13-4-9-18(14(2)10-13)19(21)22-12-16-5-7-17(8-6-16)15(3)11-20/h4-10,15H,11-12,20H2,1-3H3. The number of carbonyl (C=O) groups excluding carboxylic acids is 1. The quantitative estimate of drug-likeness (QED) is 0.856. The minimum absolute atomic E-state index is 0.281. The molecule has 0 saturated heterocycles. The molecule has 0 bridgehead atoms. The number of hydrogen-bond donors (Lipinski definition) is 1. The topological polar surface area (TPSA) is 52.3 Å². The van der Waals surface area contributed by atoms with Gasteiger partial charge in [0.05, 0.1) is 5.56 Å². The van der Waals surface area contributed by atoms with E-state index in [1.54, 1.807) is 0 Å². The zero-order valence-corrected chi connectivity index (χ0v) is 13.4. The number of rotatable bonds is 5. The average molecular weight is 297 g/mol. The Hall–Kier alpha value is -2.13. The van der Waals surface area contributed by atoms with Gasteiger partial charge >= 0.3 is 5.97 Å². The SMILES string of the molecule is Cc1ccc(C(=O)OCc2ccc(C(C)CN)cc2)c(C)c1. The number of nitrogens with two attached hydrogens (primary N) is 1. The molecule has 3 nitrogen and oxygen atoms in total. The van der Waals surface area contributed by atoms with Gasteiger partial charge in [0.2, 0.25) is 0 Å². The molecular weight excluding hydrogens is 274 g/mol. The Morgan fingerprint density at radius 3 is 2.41 bits per heavy atom. The van der Waals surface area contributed by atoms with E-state index in [2.05, 4.69) is 6.92 Å². The zero-order chi connectivity index (χ0) is 16.1. The summed E-state index contributed by atoms with van der Waals surface area (Å²) in [7, 11) is 0. The molecule has 3 heteroatoms. The lowest BCUT2D eigenvalue weighted by Gasteiger charge is -2.11. The summed E-state index contributed by atoms with van der Waals surface area (Å²) < 4.78 is 5.40. The van der Waals surface area contributed by atoms with Crippen LogP contribution in [0.2, 0.25) is 0 Å². The fraction of sp³-hybridized carbons (Fsp3) is 0.316. The van der Waals surface area contributed by atoms with Gasteiger partial charge < -0.3 is 10.5 Å². The van der Waals surface area contributed by atoms with Crippen molar-refractivity contribution < 1.29 is 9.53 Å². The maximum Gasteiger partial charge on any atom is 0.338 e. The van der Waals surface area contributed by atoms with Crippen molar-refractivity contribution in [3.05, 3.63) is 70.3 Å². The highest BCUT2D eigenvalue weighted by molar-refractivity contribution is 5.91. The molecule has 0 spiro atoms. The van der Waals surface area contributed by atoms with E-state index in [4.69, 9.17) is 10.5 Å². The summed E-state index contributed by atoms with van der Waals surface area (Å²) >= 11 is 0. The van der Waals surface area contributed by atoms with Crippen LogP contribution in [0.3, 0.4) is 0 Å². The Labute approximate surface area is 132 Å². The number of benzene rings is 2. The summed E-state index contributed by atoms with van der Waals surface area (Å²) in [6.45, 7) is 6.93. The maximum atomic E-state index is 12.1. The van der Waals surface area contributed by atoms with Crippen LogP contribution in [0.15, 0.2) is 42.5 Å². The van der Waals surface area contributed by atoms with Crippen LogP contribution >= 0.6 is 0 Å². The summed E-state index contributed by atoms with van der Waals surface area (Å²) in [5.74, 6) is 0.0590. The minimum atomic E-state index is -0.281. The fourth-order valence-electron chi connectivity index (χ4n) is 2.35. The predicted octanol–water partition coefficient (Wildman–Crippen LogP) is 3.72. The highest BCUT2D eigenvalue weighted by atomic mass is 16.5. The summed E-state index contributed by atoms with van der Waals surface area (Å²) in [6.07, 6.45) is 0. The van der Waals surface area contributed by atoms with Crippen molar-refractivity contribution >= 4 is 5.97 Å². The molecule has 0 aliphatic carbocycles. The number of aryl methyl sites for hydroxylation is 2. The lowest BCUT2D eigenvalue weighted by Crippen LogP contribution is -2.09. The first-order valence-corrected chi connectivity index (χ1v) is 7.54. The molecule has 22 heavy (non-hydrogen) atoms. The molecule has 0 heterocycles. The summed E-state index contributed by atoms with van der Waals surface area (Å²) in [5.41, 5.74) is 10.5. The van der Waals surface area contributed by atoms with Gasteiger partial charge in [0.25, 0.3) is 0 Å². The van der Waals surface area contributed by atoms with Crippen molar-refractivity contribution in [1.29, 1.82) is 0 Å². The first-order valence-electron chi connectivity index (χ1n) is 7.54. The van der Waals surface area contributed by atoms with Gasteiger partial charge in [-0.15, -0.1) is 0 Å². The van der Waals surface area contributed by atoms with E-state index in [0.29, 0.717) is 18.0 Å². The Morgan fingerprint density at radius 1 is 1.14 bits per heavy atom. The van der Waals surface area contributed by atoms with Gasteiger partial charge in [-0.2, -0.15) is 0 Å². The second-order valence-electron chi connectivity index (χ2n) is 5.77. The zero-order valence-electron chi connectivity index (χ0n) is 13.4. The molecule has 1 atom stereocenters. The fourth-order valence-corrected chi connectivity index (χ4v) is 2.35. The van der Waals surface area contributed by atoms with Crippen molar-refractivity contribution in [1.82, 2.24) is 0 Å². The molecular formula is C19H23NO2. The monoisotopic (exact) mass is 297 g/mol. The lowest BCUT2D eigenvalue weighted by atomic mass is 10.0. The van der Waals surface area contributed by atoms with Crippen LogP contribution in [-0.2, 0) is 11.3 Å². The van der Waals surface area contributed by atoms with E-state index < -0.39 is 0 Å². The van der Waals surface area contributed by atoms with Gasteiger partial charge in [-0.1, -0.05) is 48.9 Å². The molecule has 2 aromatic carbocycles. The maximum absolute atomic E-state index is 12.1. The third-order valence-electron chi connectivity index (χ3n) is 3.87. The van der Waals surface area contributed by atoms with Crippen LogP contribution in [0.1, 0.15) is 45.5 Å². The van der Waals surface area contributed by atoms with E-state index in [-0.39, 0.29) is 12.6 Å². The average Bonchev–Trinajstić information content (AvgIpc) is 2.52.